The van der Waals surface area contributed by atoms with Crippen molar-refractivity contribution in [2.45, 2.75) is 41.9 Å². The van der Waals surface area contributed by atoms with E-state index in [9.17, 15) is 0 Å². The van der Waals surface area contributed by atoms with E-state index >= 15 is 0 Å². The van der Waals surface area contributed by atoms with Gasteiger partial charge in [0.05, 0.1) is 0 Å². The molecule has 2 heteroatoms. The summed E-state index contributed by atoms with van der Waals surface area (Å²) in [6.07, 6.45) is 19.1. The van der Waals surface area contributed by atoms with E-state index in [0.717, 1.165) is 3.67 Å². The summed E-state index contributed by atoms with van der Waals surface area (Å²) in [6.45, 7) is 7.54. The Morgan fingerprint density at radius 1 is 0.944 bits per heavy atom. The van der Waals surface area contributed by atoms with E-state index in [1.54, 1.807) is 0 Å². The average molecular weight is 425 g/mol. The zero-order valence-electron chi connectivity index (χ0n) is 12.4. The molecule has 0 N–H and O–H groups in total. The van der Waals surface area contributed by atoms with Gasteiger partial charge < -0.3 is 0 Å². The van der Waals surface area contributed by atoms with Crippen LogP contribution in [-0.2, 0) is 20.0 Å². The maximum atomic E-state index is 2.65. The summed E-state index contributed by atoms with van der Waals surface area (Å²) in [4.78, 5) is 0. The summed E-state index contributed by atoms with van der Waals surface area (Å²) in [7, 11) is -1.05. The van der Waals surface area contributed by atoms with Crippen molar-refractivity contribution < 1.29 is 20.0 Å². The third-order valence-corrected chi connectivity index (χ3v) is 25.2. The van der Waals surface area contributed by atoms with Crippen LogP contribution in [-0.4, -0.2) is 8.07 Å². The summed E-state index contributed by atoms with van der Waals surface area (Å²) in [5.74, 6) is 0. The molecule has 98 valence electrons. The molecule has 0 aromatic carbocycles. The molecule has 0 saturated heterocycles. The molecule has 2 aliphatic rings. The average Bonchev–Trinajstić information content (AvgIpc) is 2.83. The molecule has 0 radical (unpaired) electrons. The van der Waals surface area contributed by atoms with Gasteiger partial charge in [0.15, 0.2) is 0 Å². The minimum atomic E-state index is -2.41. The number of hydrogen-bond acceptors (Lipinski definition) is 0. The summed E-state index contributed by atoms with van der Waals surface area (Å²) in [5.41, 5.74) is 0. The van der Waals surface area contributed by atoms with Crippen LogP contribution < -0.4 is 0 Å². The molecule has 0 aromatic rings. The van der Waals surface area contributed by atoms with Crippen LogP contribution in [0.5, 0.6) is 0 Å². The van der Waals surface area contributed by atoms with E-state index in [1.807, 2.05) is 0 Å². The van der Waals surface area contributed by atoms with Gasteiger partial charge in [-0.25, -0.2) is 0 Å². The van der Waals surface area contributed by atoms with Gasteiger partial charge in [-0.1, -0.05) is 0 Å². The molecule has 0 heterocycles. The fourth-order valence-corrected chi connectivity index (χ4v) is 26.7. The number of hydrogen-bond donors (Lipinski definition) is 0. The Morgan fingerprint density at radius 3 is 1.89 bits per heavy atom. The summed E-state index contributed by atoms with van der Waals surface area (Å²) < 4.78 is 6.54. The molecule has 0 bridgehead atoms. The SMILES string of the molecule is C[Si](C)(C)C[C]1([Hf]([CH3])([CH3])[CH]2C=CC=C2)C=CC=C1. The molecular weight excluding hydrogens is 399 g/mol. The molecule has 2 aliphatic carbocycles. The van der Waals surface area contributed by atoms with E-state index in [0.29, 0.717) is 3.17 Å². The van der Waals surface area contributed by atoms with Gasteiger partial charge in [0.1, 0.15) is 0 Å². The van der Waals surface area contributed by atoms with Crippen molar-refractivity contribution in [3.63, 3.8) is 0 Å². The maximum absolute atomic E-state index is 2.65. The van der Waals surface area contributed by atoms with E-state index in [2.05, 4.69) is 77.6 Å². The zero-order valence-corrected chi connectivity index (χ0v) is 17.0. The second-order valence-corrected chi connectivity index (χ2v) is 31.1. The van der Waals surface area contributed by atoms with Crippen LogP contribution in [0.15, 0.2) is 48.6 Å². The number of rotatable bonds is 4. The van der Waals surface area contributed by atoms with Crippen LogP contribution in [0.4, 0.5) is 0 Å². The Labute approximate surface area is 118 Å². The van der Waals surface area contributed by atoms with Crippen molar-refractivity contribution >= 4 is 8.07 Å². The quantitative estimate of drug-likeness (QED) is 0.502. The molecule has 0 spiro atoms. The molecular formula is C16H26HfSi. The van der Waals surface area contributed by atoms with Crippen molar-refractivity contribution in [2.24, 2.45) is 0 Å². The van der Waals surface area contributed by atoms with Crippen LogP contribution in [0.2, 0.25) is 41.9 Å². The monoisotopic (exact) mass is 426 g/mol. The van der Waals surface area contributed by atoms with Gasteiger partial charge in [-0.3, -0.25) is 0 Å². The second kappa shape index (κ2) is 4.86. The van der Waals surface area contributed by atoms with E-state index in [-0.39, 0.29) is 0 Å². The van der Waals surface area contributed by atoms with Gasteiger partial charge in [0.2, 0.25) is 0 Å². The third kappa shape index (κ3) is 2.65. The van der Waals surface area contributed by atoms with Crippen molar-refractivity contribution in [3.8, 4) is 0 Å². The first-order chi connectivity index (χ1) is 8.27. The van der Waals surface area contributed by atoms with Crippen LogP contribution >= 0.6 is 0 Å². The predicted molar refractivity (Wildman–Crippen MR) is 82.9 cm³/mol. The molecule has 0 amide bonds. The number of allylic oxidation sites excluding steroid dienone is 8. The Bertz CT molecular complexity index is 409. The van der Waals surface area contributed by atoms with Crippen molar-refractivity contribution in [3.05, 3.63) is 48.6 Å². The minimum absolute atomic E-state index is 0.459. The van der Waals surface area contributed by atoms with E-state index in [4.69, 9.17) is 0 Å². The van der Waals surface area contributed by atoms with Crippen molar-refractivity contribution in [1.82, 2.24) is 0 Å². The van der Waals surface area contributed by atoms with Crippen LogP contribution in [0.1, 0.15) is 0 Å². The van der Waals surface area contributed by atoms with Gasteiger partial charge >= 0.3 is 119 Å². The Balaban J connectivity index is 2.36. The predicted octanol–water partition coefficient (Wildman–Crippen LogP) is 5.77. The molecule has 0 saturated carbocycles. The topological polar surface area (TPSA) is 0 Å². The van der Waals surface area contributed by atoms with Crippen molar-refractivity contribution in [1.29, 1.82) is 0 Å². The normalized spacial score (nSPS) is 22.3. The molecule has 0 fully saturated rings. The molecule has 0 aliphatic heterocycles. The summed E-state index contributed by atoms with van der Waals surface area (Å²) >= 11 is -2.41. The Morgan fingerprint density at radius 2 is 1.44 bits per heavy atom. The first-order valence-electron chi connectivity index (χ1n) is 6.99. The molecule has 0 atom stereocenters. The van der Waals surface area contributed by atoms with E-state index in [1.165, 1.54) is 6.04 Å². The molecule has 0 nitrogen and oxygen atoms in total. The van der Waals surface area contributed by atoms with Crippen molar-refractivity contribution in [2.75, 3.05) is 0 Å². The standard InChI is InChI=1S/C9H15Si.C5H5.2CH3.Hf/c1-10(2,3)8-9-6-4-5-7-9;1-2-4-5-3-1;;;/h4-7H,8H2,1-3H3;1-5H;2*1H3;. The van der Waals surface area contributed by atoms with Gasteiger partial charge in [-0.05, 0) is 0 Å². The molecule has 0 aromatic heterocycles. The van der Waals surface area contributed by atoms with Gasteiger partial charge in [-0.2, -0.15) is 0 Å². The fraction of sp³-hybridized carbons (Fsp3) is 0.500. The Hall–Kier alpha value is 0.0470. The molecule has 18 heavy (non-hydrogen) atoms. The van der Waals surface area contributed by atoms with Crippen LogP contribution in [0, 0.1) is 0 Å². The fourth-order valence-electron chi connectivity index (χ4n) is 3.39. The second-order valence-electron chi connectivity index (χ2n) is 7.51. The Kier molecular flexibility index (Phi) is 3.90. The summed E-state index contributed by atoms with van der Waals surface area (Å²) in [6, 6.07) is 1.43. The molecule has 2 rings (SSSR count). The first kappa shape index (κ1) is 14.5. The van der Waals surface area contributed by atoms with Gasteiger partial charge in [0.25, 0.3) is 0 Å². The van der Waals surface area contributed by atoms with Gasteiger partial charge in [0, 0.05) is 0 Å². The first-order valence-corrected chi connectivity index (χ1v) is 21.8. The van der Waals surface area contributed by atoms with Crippen LogP contribution in [0.3, 0.4) is 0 Å². The zero-order chi connectivity index (χ0) is 13.4. The molecule has 0 unspecified atom stereocenters. The third-order valence-electron chi connectivity index (χ3n) is 4.50. The van der Waals surface area contributed by atoms with Crippen LogP contribution in [0.25, 0.3) is 0 Å². The van der Waals surface area contributed by atoms with Gasteiger partial charge in [-0.15, -0.1) is 0 Å². The summed E-state index contributed by atoms with van der Waals surface area (Å²) in [5, 5.41) is 0. The van der Waals surface area contributed by atoms with E-state index < -0.39 is 28.0 Å².